The van der Waals surface area contributed by atoms with E-state index in [0.717, 1.165) is 22.5 Å². The molecule has 0 heterocycles. The van der Waals surface area contributed by atoms with Crippen molar-refractivity contribution < 1.29 is 30.8 Å². The third kappa shape index (κ3) is 5.91. The van der Waals surface area contributed by atoms with Crippen molar-refractivity contribution in [1.82, 2.24) is 4.31 Å². The molecule has 34 heavy (non-hydrogen) atoms. The van der Waals surface area contributed by atoms with Crippen LogP contribution in [0.3, 0.4) is 0 Å². The highest BCUT2D eigenvalue weighted by Crippen LogP contribution is 2.37. The summed E-state index contributed by atoms with van der Waals surface area (Å²) in [6.07, 6.45) is -4.73. The van der Waals surface area contributed by atoms with Crippen molar-refractivity contribution >= 4 is 27.3 Å². The van der Waals surface area contributed by atoms with Gasteiger partial charge in [-0.3, -0.25) is 4.79 Å². The lowest BCUT2D eigenvalue weighted by molar-refractivity contribution is -0.136. The van der Waals surface area contributed by atoms with Gasteiger partial charge in [0.05, 0.1) is 10.5 Å². The highest BCUT2D eigenvalue weighted by Gasteiger charge is 2.34. The lowest BCUT2D eigenvalue weighted by Crippen LogP contribution is -2.22. The molecule has 0 atom stereocenters. The molecule has 180 valence electrons. The van der Waals surface area contributed by atoms with Gasteiger partial charge in [0.15, 0.2) is 0 Å². The molecule has 0 fully saturated rings. The minimum atomic E-state index is -4.73. The van der Waals surface area contributed by atoms with Crippen molar-refractivity contribution in [3.05, 3.63) is 89.2 Å². The number of anilines is 2. The average Bonchev–Trinajstić information content (AvgIpc) is 2.78. The number of halogens is 4. The van der Waals surface area contributed by atoms with Crippen LogP contribution in [-0.4, -0.2) is 32.7 Å². The van der Waals surface area contributed by atoms with Gasteiger partial charge in [0.25, 0.3) is 5.91 Å². The third-order valence-corrected chi connectivity index (χ3v) is 6.66. The van der Waals surface area contributed by atoms with Gasteiger partial charge in [0, 0.05) is 37.6 Å². The fourth-order valence-corrected chi connectivity index (χ4v) is 4.01. The molecule has 0 aliphatic rings. The van der Waals surface area contributed by atoms with Crippen molar-refractivity contribution in [2.24, 2.45) is 0 Å². The molecule has 0 aliphatic carbocycles. The van der Waals surface area contributed by atoms with Gasteiger partial charge in [-0.05, 0) is 60.2 Å². The van der Waals surface area contributed by atoms with Gasteiger partial charge in [-0.1, -0.05) is 12.1 Å². The molecule has 0 radical (unpaired) electrons. The first-order chi connectivity index (χ1) is 15.9. The normalized spacial score (nSPS) is 12.0. The minimum absolute atomic E-state index is 0.0201. The molecule has 0 spiro atoms. The molecule has 3 aromatic carbocycles. The first-order valence-electron chi connectivity index (χ1n) is 9.91. The SMILES string of the molecule is CN(C)S(=O)(=O)c1cccc(CNc2ccc(NC(=O)c3ccc(F)cc3)cc2C(F)(F)F)c1. The smallest absolute Gasteiger partial charge is 0.380 e. The Hall–Kier alpha value is -3.44. The highest BCUT2D eigenvalue weighted by molar-refractivity contribution is 7.89. The van der Waals surface area contributed by atoms with Crippen molar-refractivity contribution in [3.63, 3.8) is 0 Å². The van der Waals surface area contributed by atoms with Gasteiger partial charge in [-0.15, -0.1) is 0 Å². The summed E-state index contributed by atoms with van der Waals surface area (Å²) in [6, 6.07) is 13.7. The minimum Gasteiger partial charge on any atom is -0.380 e. The Bertz CT molecular complexity index is 1290. The van der Waals surface area contributed by atoms with Crippen molar-refractivity contribution in [2.45, 2.75) is 17.6 Å². The van der Waals surface area contributed by atoms with Gasteiger partial charge < -0.3 is 10.6 Å². The lowest BCUT2D eigenvalue weighted by Gasteiger charge is -2.17. The maximum absolute atomic E-state index is 13.7. The molecular weight excluding hydrogens is 474 g/mol. The second-order valence-corrected chi connectivity index (χ2v) is 9.66. The van der Waals surface area contributed by atoms with Crippen molar-refractivity contribution in [3.8, 4) is 0 Å². The van der Waals surface area contributed by atoms with Crippen molar-refractivity contribution in [2.75, 3.05) is 24.7 Å². The first-order valence-corrected chi connectivity index (χ1v) is 11.4. The number of alkyl halides is 3. The van der Waals surface area contributed by atoms with Gasteiger partial charge in [0.1, 0.15) is 5.82 Å². The zero-order chi connectivity index (χ0) is 25.1. The number of carbonyl (C=O) groups is 1. The molecule has 0 aromatic heterocycles. The van der Waals surface area contributed by atoms with E-state index >= 15 is 0 Å². The number of carbonyl (C=O) groups excluding carboxylic acids is 1. The van der Waals surface area contributed by atoms with Gasteiger partial charge in [0.2, 0.25) is 10.0 Å². The van der Waals surface area contributed by atoms with E-state index < -0.39 is 33.5 Å². The monoisotopic (exact) mass is 495 g/mol. The molecule has 0 aliphatic heterocycles. The predicted molar refractivity (Wildman–Crippen MR) is 120 cm³/mol. The van der Waals surface area contributed by atoms with Crippen LogP contribution in [0.2, 0.25) is 0 Å². The molecule has 0 saturated heterocycles. The number of sulfonamides is 1. The summed E-state index contributed by atoms with van der Waals surface area (Å²) < 4.78 is 79.7. The standard InChI is InChI=1S/C23H21F4N3O3S/c1-30(2)34(32,33)19-5-3-4-15(12-19)14-28-21-11-10-18(13-20(21)23(25,26)27)29-22(31)16-6-8-17(24)9-7-16/h3-13,28H,14H2,1-2H3,(H,29,31). The van der Waals surface area contributed by atoms with Crippen LogP contribution >= 0.6 is 0 Å². The van der Waals surface area contributed by atoms with E-state index in [-0.39, 0.29) is 28.4 Å². The van der Waals surface area contributed by atoms with E-state index in [0.29, 0.717) is 5.56 Å². The molecular formula is C23H21F4N3O3S. The van der Waals surface area contributed by atoms with Crippen LogP contribution in [0.4, 0.5) is 28.9 Å². The highest BCUT2D eigenvalue weighted by atomic mass is 32.2. The summed E-state index contributed by atoms with van der Waals surface area (Å²) in [4.78, 5) is 12.3. The Kier molecular flexibility index (Phi) is 7.27. The van der Waals surface area contributed by atoms with E-state index in [9.17, 15) is 30.8 Å². The van der Waals surface area contributed by atoms with E-state index in [1.165, 1.54) is 56.6 Å². The molecule has 3 aromatic rings. The number of nitrogens with one attached hydrogen (secondary N) is 2. The largest absolute Gasteiger partial charge is 0.418 e. The summed E-state index contributed by atoms with van der Waals surface area (Å²) in [7, 11) is -0.929. The number of rotatable bonds is 7. The van der Waals surface area contributed by atoms with Gasteiger partial charge in [-0.2, -0.15) is 13.2 Å². The molecule has 2 N–H and O–H groups in total. The molecule has 11 heteroatoms. The quantitative estimate of drug-likeness (QED) is 0.455. The molecule has 1 amide bonds. The number of amides is 1. The third-order valence-electron chi connectivity index (χ3n) is 4.85. The molecule has 3 rings (SSSR count). The van der Waals surface area contributed by atoms with Crippen LogP contribution in [0.1, 0.15) is 21.5 Å². The van der Waals surface area contributed by atoms with Gasteiger partial charge in [-0.25, -0.2) is 17.1 Å². The topological polar surface area (TPSA) is 78.5 Å². The van der Waals surface area contributed by atoms with Crippen LogP contribution in [0.15, 0.2) is 71.6 Å². The number of hydrogen-bond donors (Lipinski definition) is 2. The number of hydrogen-bond acceptors (Lipinski definition) is 4. The summed E-state index contributed by atoms with van der Waals surface area (Å²) in [6.45, 7) is -0.0683. The maximum atomic E-state index is 13.7. The van der Waals surface area contributed by atoms with E-state index in [1.807, 2.05) is 0 Å². The van der Waals surface area contributed by atoms with E-state index in [1.54, 1.807) is 6.07 Å². The van der Waals surface area contributed by atoms with E-state index in [2.05, 4.69) is 10.6 Å². The Balaban J connectivity index is 1.81. The van der Waals surface area contributed by atoms with Crippen LogP contribution in [-0.2, 0) is 22.7 Å². The fraction of sp³-hybridized carbons (Fsp3) is 0.174. The maximum Gasteiger partial charge on any atom is 0.418 e. The van der Waals surface area contributed by atoms with Crippen LogP contribution in [0, 0.1) is 5.82 Å². The summed E-state index contributed by atoms with van der Waals surface area (Å²) in [5.74, 6) is -1.23. The Morgan fingerprint density at radius 3 is 2.26 bits per heavy atom. The van der Waals surface area contributed by atoms with Crippen LogP contribution in [0.5, 0.6) is 0 Å². The molecule has 0 unspecified atom stereocenters. The van der Waals surface area contributed by atoms with Crippen molar-refractivity contribution in [1.29, 1.82) is 0 Å². The Labute approximate surface area is 194 Å². The number of benzene rings is 3. The molecule has 0 bridgehead atoms. The molecule has 0 saturated carbocycles. The zero-order valence-corrected chi connectivity index (χ0v) is 19.0. The van der Waals surface area contributed by atoms with Gasteiger partial charge >= 0.3 is 6.18 Å². The lowest BCUT2D eigenvalue weighted by atomic mass is 10.1. The fourth-order valence-electron chi connectivity index (χ4n) is 3.04. The Morgan fingerprint density at radius 2 is 1.65 bits per heavy atom. The molecule has 6 nitrogen and oxygen atoms in total. The van der Waals surface area contributed by atoms with E-state index in [4.69, 9.17) is 0 Å². The second kappa shape index (κ2) is 9.82. The predicted octanol–water partition coefficient (Wildman–Crippen LogP) is 4.96. The summed E-state index contributed by atoms with van der Waals surface area (Å²) in [5, 5.41) is 5.04. The summed E-state index contributed by atoms with van der Waals surface area (Å²) >= 11 is 0. The average molecular weight is 495 g/mol. The second-order valence-electron chi connectivity index (χ2n) is 7.51. The van der Waals surface area contributed by atoms with Crippen LogP contribution in [0.25, 0.3) is 0 Å². The number of nitrogens with zero attached hydrogens (tertiary/aromatic N) is 1. The summed E-state index contributed by atoms with van der Waals surface area (Å²) in [5.41, 5.74) is -0.796. The zero-order valence-electron chi connectivity index (χ0n) is 18.2. The first kappa shape index (κ1) is 25.2. The Morgan fingerprint density at radius 1 is 0.971 bits per heavy atom. The van der Waals surface area contributed by atoms with Crippen LogP contribution < -0.4 is 10.6 Å².